The summed E-state index contributed by atoms with van der Waals surface area (Å²) in [5.74, 6) is 1.47. The van der Waals surface area contributed by atoms with Gasteiger partial charge in [-0.2, -0.15) is 0 Å². The average molecular weight is 374 g/mol. The molecule has 2 fully saturated rings. The van der Waals surface area contributed by atoms with Crippen molar-refractivity contribution >= 4 is 29.1 Å². The lowest BCUT2D eigenvalue weighted by atomic mass is 10.1. The maximum Gasteiger partial charge on any atom is 0.228 e. The van der Waals surface area contributed by atoms with Crippen molar-refractivity contribution in [2.75, 3.05) is 18.5 Å². The largest absolute Gasteiger partial charge is 0.443 e. The zero-order chi connectivity index (χ0) is 18.3. The Balaban J connectivity index is 1.39. The highest BCUT2D eigenvalue weighted by Gasteiger charge is 2.37. The molecule has 0 bridgehead atoms. The molecule has 0 radical (unpaired) electrons. The average Bonchev–Trinajstić information content (AvgIpc) is 3.26. The topological polar surface area (TPSA) is 66.7 Å². The van der Waals surface area contributed by atoms with Crippen molar-refractivity contribution in [2.45, 2.75) is 31.7 Å². The van der Waals surface area contributed by atoms with Crippen LogP contribution in [0.4, 0.5) is 5.69 Å². The summed E-state index contributed by atoms with van der Waals surface area (Å²) in [5, 5.41) is 0.615. The van der Waals surface area contributed by atoms with Crippen LogP contribution in [-0.2, 0) is 16.1 Å². The van der Waals surface area contributed by atoms with E-state index in [-0.39, 0.29) is 24.2 Å². The maximum atomic E-state index is 12.7. The van der Waals surface area contributed by atoms with Crippen LogP contribution in [0.15, 0.2) is 34.9 Å². The lowest BCUT2D eigenvalue weighted by molar-refractivity contribution is -0.135. The number of halogens is 1. The molecule has 0 N–H and O–H groups in total. The monoisotopic (exact) mass is 373 g/mol. The fourth-order valence-electron chi connectivity index (χ4n) is 3.29. The third-order valence-electron chi connectivity index (χ3n) is 4.91. The van der Waals surface area contributed by atoms with E-state index in [0.29, 0.717) is 29.9 Å². The van der Waals surface area contributed by atoms with E-state index < -0.39 is 0 Å². The fraction of sp³-hybridized carbons (Fsp3) is 0.421. The van der Waals surface area contributed by atoms with Crippen LogP contribution in [-0.4, -0.2) is 35.3 Å². The molecular weight excluding hydrogens is 354 g/mol. The number of amides is 2. The van der Waals surface area contributed by atoms with Crippen LogP contribution < -0.4 is 4.90 Å². The van der Waals surface area contributed by atoms with Crippen LogP contribution in [0.5, 0.6) is 0 Å². The molecule has 1 aliphatic heterocycles. The summed E-state index contributed by atoms with van der Waals surface area (Å²) in [6.07, 6.45) is 4.26. The van der Waals surface area contributed by atoms with Crippen LogP contribution >= 0.6 is 11.6 Å². The Bertz CT molecular complexity index is 829. The summed E-state index contributed by atoms with van der Waals surface area (Å²) in [5.41, 5.74) is 0.763. The second-order valence-electron chi connectivity index (χ2n) is 7.01. The van der Waals surface area contributed by atoms with Gasteiger partial charge in [-0.25, -0.2) is 4.98 Å². The van der Waals surface area contributed by atoms with Crippen molar-refractivity contribution in [3.05, 3.63) is 47.1 Å². The molecule has 1 atom stereocenters. The van der Waals surface area contributed by atoms with Gasteiger partial charge in [-0.05, 0) is 37.1 Å². The Hall–Kier alpha value is -2.34. The molecule has 0 spiro atoms. The molecule has 136 valence electrons. The number of anilines is 1. The van der Waals surface area contributed by atoms with E-state index in [9.17, 15) is 9.59 Å². The molecule has 26 heavy (non-hydrogen) atoms. The minimum Gasteiger partial charge on any atom is -0.443 e. The number of hydrogen-bond donors (Lipinski definition) is 0. The number of oxazole rings is 1. The predicted octanol–water partition coefficient (Wildman–Crippen LogP) is 3.22. The highest BCUT2D eigenvalue weighted by atomic mass is 35.5. The van der Waals surface area contributed by atoms with Gasteiger partial charge in [-0.15, -0.1) is 0 Å². The van der Waals surface area contributed by atoms with Gasteiger partial charge in [0.25, 0.3) is 0 Å². The van der Waals surface area contributed by atoms with E-state index in [2.05, 4.69) is 4.98 Å². The second kappa shape index (κ2) is 6.76. The van der Waals surface area contributed by atoms with E-state index >= 15 is 0 Å². The molecule has 2 amide bonds. The van der Waals surface area contributed by atoms with Crippen LogP contribution in [0.1, 0.15) is 36.8 Å². The summed E-state index contributed by atoms with van der Waals surface area (Å²) in [6.45, 7) is 0.694. The van der Waals surface area contributed by atoms with Crippen LogP contribution in [0.2, 0.25) is 5.02 Å². The third kappa shape index (κ3) is 3.46. The highest BCUT2D eigenvalue weighted by Crippen LogP contribution is 2.40. The van der Waals surface area contributed by atoms with Crippen LogP contribution in [0, 0.1) is 5.92 Å². The minimum absolute atomic E-state index is 0.0498. The zero-order valence-electron chi connectivity index (χ0n) is 14.5. The maximum absolute atomic E-state index is 12.7. The summed E-state index contributed by atoms with van der Waals surface area (Å²) >= 11 is 5.90. The number of carbonyl (C=O) groups excluding carboxylic acids is 2. The van der Waals surface area contributed by atoms with Crippen molar-refractivity contribution < 1.29 is 14.0 Å². The van der Waals surface area contributed by atoms with Gasteiger partial charge in [-0.1, -0.05) is 11.6 Å². The molecule has 4 rings (SSSR count). The van der Waals surface area contributed by atoms with E-state index in [1.807, 2.05) is 0 Å². The van der Waals surface area contributed by atoms with Gasteiger partial charge in [0.1, 0.15) is 5.76 Å². The molecule has 1 saturated carbocycles. The van der Waals surface area contributed by atoms with Gasteiger partial charge in [0, 0.05) is 36.6 Å². The van der Waals surface area contributed by atoms with Crippen LogP contribution in [0.3, 0.4) is 0 Å². The molecule has 2 aliphatic rings. The van der Waals surface area contributed by atoms with Crippen LogP contribution in [0.25, 0.3) is 0 Å². The first kappa shape index (κ1) is 17.1. The van der Waals surface area contributed by atoms with Gasteiger partial charge in [-0.3, -0.25) is 9.59 Å². The standard InChI is InChI=1S/C19H20ClN3O3/c1-22(11-17-21-9-16(26-17)12-2-3-12)19(25)13-8-18(24)23(10-13)15-6-4-14(20)5-7-15/h4-7,9,12-13H,2-3,8,10-11H2,1H3/t13-/m0/s1. The molecule has 7 heteroatoms. The van der Waals surface area contributed by atoms with Gasteiger partial charge >= 0.3 is 0 Å². The summed E-state index contributed by atoms with van der Waals surface area (Å²) < 4.78 is 5.72. The number of benzene rings is 1. The third-order valence-corrected chi connectivity index (χ3v) is 5.16. The molecule has 1 aromatic heterocycles. The lowest BCUT2D eigenvalue weighted by Gasteiger charge is -2.20. The number of aromatic nitrogens is 1. The van der Waals surface area contributed by atoms with Crippen molar-refractivity contribution in [1.29, 1.82) is 0 Å². The fourth-order valence-corrected chi connectivity index (χ4v) is 3.42. The lowest BCUT2D eigenvalue weighted by Crippen LogP contribution is -2.34. The molecule has 2 heterocycles. The van der Waals surface area contributed by atoms with E-state index in [1.54, 1.807) is 47.3 Å². The molecule has 0 unspecified atom stereocenters. The van der Waals surface area contributed by atoms with E-state index in [0.717, 1.165) is 24.3 Å². The van der Waals surface area contributed by atoms with Gasteiger partial charge in [0.15, 0.2) is 0 Å². The van der Waals surface area contributed by atoms with E-state index in [1.165, 1.54) is 0 Å². The quantitative estimate of drug-likeness (QED) is 0.807. The van der Waals surface area contributed by atoms with Gasteiger partial charge < -0.3 is 14.2 Å². The van der Waals surface area contributed by atoms with Gasteiger partial charge in [0.05, 0.1) is 18.7 Å². The van der Waals surface area contributed by atoms with E-state index in [4.69, 9.17) is 16.0 Å². The molecular formula is C19H20ClN3O3. The van der Waals surface area contributed by atoms with Crippen molar-refractivity contribution in [3.8, 4) is 0 Å². The molecule has 6 nitrogen and oxygen atoms in total. The predicted molar refractivity (Wildman–Crippen MR) is 96.9 cm³/mol. The summed E-state index contributed by atoms with van der Waals surface area (Å²) in [6, 6.07) is 7.07. The van der Waals surface area contributed by atoms with Gasteiger partial charge in [0.2, 0.25) is 17.7 Å². The van der Waals surface area contributed by atoms with Crippen molar-refractivity contribution in [2.24, 2.45) is 5.92 Å². The molecule has 2 aromatic rings. The molecule has 1 saturated heterocycles. The first-order valence-electron chi connectivity index (χ1n) is 8.77. The summed E-state index contributed by atoms with van der Waals surface area (Å²) in [4.78, 5) is 32.6. The number of rotatable bonds is 5. The van der Waals surface area contributed by atoms with Crippen molar-refractivity contribution in [3.63, 3.8) is 0 Å². The number of carbonyl (C=O) groups is 2. The Kier molecular flexibility index (Phi) is 4.44. The normalized spacial score (nSPS) is 19.8. The smallest absolute Gasteiger partial charge is 0.228 e. The second-order valence-corrected chi connectivity index (χ2v) is 7.44. The highest BCUT2D eigenvalue weighted by molar-refractivity contribution is 6.30. The Morgan fingerprint density at radius 3 is 2.77 bits per heavy atom. The molecule has 1 aliphatic carbocycles. The zero-order valence-corrected chi connectivity index (χ0v) is 15.3. The first-order valence-corrected chi connectivity index (χ1v) is 9.14. The SMILES string of the molecule is CN(Cc1ncc(C2CC2)o1)C(=O)[C@H]1CC(=O)N(c2ccc(Cl)cc2)C1. The minimum atomic E-state index is -0.360. The van der Waals surface area contributed by atoms with Crippen molar-refractivity contribution in [1.82, 2.24) is 9.88 Å². The number of hydrogen-bond acceptors (Lipinski definition) is 4. The summed E-state index contributed by atoms with van der Waals surface area (Å²) in [7, 11) is 1.72. The first-order chi connectivity index (χ1) is 12.5. The molecule has 1 aromatic carbocycles. The number of nitrogens with zero attached hydrogens (tertiary/aromatic N) is 3. The Morgan fingerprint density at radius 1 is 1.35 bits per heavy atom. The Morgan fingerprint density at radius 2 is 2.08 bits per heavy atom. The Labute approximate surface area is 156 Å².